The Labute approximate surface area is 182 Å². The molecule has 1 aromatic carbocycles. The molecule has 166 valence electrons. The highest BCUT2D eigenvalue weighted by Crippen LogP contribution is 2.16. The minimum absolute atomic E-state index is 0.115. The summed E-state index contributed by atoms with van der Waals surface area (Å²) < 4.78 is 28.8. The summed E-state index contributed by atoms with van der Waals surface area (Å²) in [4.78, 5) is 21.0. The molecule has 0 aliphatic heterocycles. The van der Waals surface area contributed by atoms with Gasteiger partial charge in [0.1, 0.15) is 6.33 Å². The summed E-state index contributed by atoms with van der Waals surface area (Å²) in [6, 6.07) is 7.06. The van der Waals surface area contributed by atoms with Crippen LogP contribution in [0.4, 0.5) is 0 Å². The minimum Gasteiger partial charge on any atom is -0.352 e. The summed E-state index contributed by atoms with van der Waals surface area (Å²) in [6.07, 6.45) is 2.28. The van der Waals surface area contributed by atoms with Gasteiger partial charge in [0.15, 0.2) is 0 Å². The number of nitrogens with zero attached hydrogens (tertiary/aromatic N) is 4. The van der Waals surface area contributed by atoms with Crippen LogP contribution in [0.5, 0.6) is 0 Å². The normalized spacial score (nSPS) is 11.9. The van der Waals surface area contributed by atoms with Crippen molar-refractivity contribution < 1.29 is 13.2 Å². The maximum absolute atomic E-state index is 12.5. The van der Waals surface area contributed by atoms with Gasteiger partial charge in [0, 0.05) is 30.4 Å². The van der Waals surface area contributed by atoms with Gasteiger partial charge >= 0.3 is 0 Å². The number of fused-ring (bicyclic) bond motifs is 1. The number of benzene rings is 1. The first-order valence-electron chi connectivity index (χ1n) is 10.2. The van der Waals surface area contributed by atoms with E-state index >= 15 is 0 Å². The van der Waals surface area contributed by atoms with Gasteiger partial charge < -0.3 is 5.32 Å². The van der Waals surface area contributed by atoms with Crippen molar-refractivity contribution in [3.8, 4) is 0 Å². The molecule has 31 heavy (non-hydrogen) atoms. The quantitative estimate of drug-likeness (QED) is 0.520. The van der Waals surface area contributed by atoms with E-state index in [9.17, 15) is 13.2 Å². The van der Waals surface area contributed by atoms with Crippen molar-refractivity contribution in [3.05, 3.63) is 58.7 Å². The summed E-state index contributed by atoms with van der Waals surface area (Å²) in [5.41, 5.74) is 4.17. The average Bonchev–Trinajstić information content (AvgIpc) is 3.14. The summed E-state index contributed by atoms with van der Waals surface area (Å²) in [7, 11) is -3.45. The van der Waals surface area contributed by atoms with E-state index in [4.69, 9.17) is 0 Å². The topological polar surface area (TPSA) is 118 Å². The maximum atomic E-state index is 12.5. The zero-order chi connectivity index (χ0) is 22.6. The van der Waals surface area contributed by atoms with Crippen LogP contribution in [-0.4, -0.2) is 39.9 Å². The Morgan fingerprint density at radius 1 is 1.16 bits per heavy atom. The lowest BCUT2D eigenvalue weighted by atomic mass is 10.1. The second-order valence-electron chi connectivity index (χ2n) is 7.81. The Morgan fingerprint density at radius 3 is 2.58 bits per heavy atom. The molecule has 2 aromatic heterocycles. The molecule has 2 N–H and O–H groups in total. The van der Waals surface area contributed by atoms with E-state index in [1.807, 2.05) is 26.0 Å². The second kappa shape index (κ2) is 9.52. The molecule has 0 unspecified atom stereocenters. The molecule has 0 atom stereocenters. The van der Waals surface area contributed by atoms with Crippen LogP contribution in [0.3, 0.4) is 0 Å². The van der Waals surface area contributed by atoms with Crippen molar-refractivity contribution in [2.75, 3.05) is 0 Å². The molecule has 1 amide bonds. The number of nitrogens with one attached hydrogen (secondary N) is 2. The van der Waals surface area contributed by atoms with Crippen molar-refractivity contribution in [1.82, 2.24) is 29.6 Å². The van der Waals surface area contributed by atoms with Gasteiger partial charge in [0.2, 0.25) is 15.9 Å². The van der Waals surface area contributed by atoms with Gasteiger partial charge in [-0.25, -0.2) is 22.6 Å². The molecule has 2 heterocycles. The number of sulfonamides is 1. The van der Waals surface area contributed by atoms with E-state index in [1.54, 1.807) is 30.5 Å². The molecule has 3 rings (SSSR count). The van der Waals surface area contributed by atoms with E-state index in [-0.39, 0.29) is 24.2 Å². The average molecular weight is 445 g/mol. The Kier molecular flexibility index (Phi) is 7.01. The molecule has 0 radical (unpaired) electrons. The predicted octanol–water partition coefficient (Wildman–Crippen LogP) is 1.82. The van der Waals surface area contributed by atoms with Gasteiger partial charge in [0.25, 0.3) is 5.78 Å². The van der Waals surface area contributed by atoms with E-state index in [1.165, 1.54) is 6.33 Å². The van der Waals surface area contributed by atoms with E-state index < -0.39 is 10.0 Å². The van der Waals surface area contributed by atoms with E-state index in [0.717, 1.165) is 22.5 Å². The van der Waals surface area contributed by atoms with Crippen LogP contribution in [-0.2, 0) is 33.5 Å². The Balaban J connectivity index is 1.62. The Hall–Kier alpha value is -2.85. The van der Waals surface area contributed by atoms with Crippen LogP contribution in [0.1, 0.15) is 48.3 Å². The standard InChI is InChI=1S/C21H28N6O3S/c1-14(2)26-31(29,30)12-18-8-6-5-7-17(18)11-22-20(28)10-9-19-15(3)25-21-23-13-24-27(21)16(19)4/h5-8,13-14,26H,9-12H2,1-4H3,(H,22,28). The minimum atomic E-state index is -3.45. The fourth-order valence-electron chi connectivity index (χ4n) is 3.51. The lowest BCUT2D eigenvalue weighted by molar-refractivity contribution is -0.121. The van der Waals surface area contributed by atoms with Gasteiger partial charge in [0.05, 0.1) is 5.75 Å². The third-order valence-corrected chi connectivity index (χ3v) is 6.47. The summed E-state index contributed by atoms with van der Waals surface area (Å²) >= 11 is 0. The number of aromatic nitrogens is 4. The lowest BCUT2D eigenvalue weighted by Crippen LogP contribution is -2.32. The number of amides is 1. The summed E-state index contributed by atoms with van der Waals surface area (Å²) in [5, 5.41) is 7.07. The van der Waals surface area contributed by atoms with E-state index in [0.29, 0.717) is 24.2 Å². The van der Waals surface area contributed by atoms with Crippen LogP contribution < -0.4 is 10.0 Å². The van der Waals surface area contributed by atoms with Gasteiger partial charge in [-0.05, 0) is 50.8 Å². The van der Waals surface area contributed by atoms with Crippen molar-refractivity contribution in [2.24, 2.45) is 0 Å². The fourth-order valence-corrected chi connectivity index (χ4v) is 5.01. The molecular formula is C21H28N6O3S. The van der Waals surface area contributed by atoms with Crippen molar-refractivity contribution >= 4 is 21.7 Å². The summed E-state index contributed by atoms with van der Waals surface area (Å²) in [6.45, 7) is 7.67. The predicted molar refractivity (Wildman–Crippen MR) is 118 cm³/mol. The second-order valence-corrected chi connectivity index (χ2v) is 9.56. The number of carbonyl (C=O) groups excluding carboxylic acids is 1. The van der Waals surface area contributed by atoms with Crippen LogP contribution >= 0.6 is 0 Å². The first-order valence-corrected chi connectivity index (χ1v) is 11.8. The molecule has 0 saturated heterocycles. The number of rotatable bonds is 9. The molecule has 0 fully saturated rings. The zero-order valence-electron chi connectivity index (χ0n) is 18.2. The largest absolute Gasteiger partial charge is 0.352 e. The molecule has 0 spiro atoms. The van der Waals surface area contributed by atoms with E-state index in [2.05, 4.69) is 25.1 Å². The number of hydrogen-bond acceptors (Lipinski definition) is 6. The number of hydrogen-bond donors (Lipinski definition) is 2. The van der Waals surface area contributed by atoms with Crippen molar-refractivity contribution in [3.63, 3.8) is 0 Å². The number of carbonyl (C=O) groups is 1. The lowest BCUT2D eigenvalue weighted by Gasteiger charge is -2.14. The van der Waals surface area contributed by atoms with Gasteiger partial charge in [-0.2, -0.15) is 10.1 Å². The third-order valence-electron chi connectivity index (χ3n) is 4.95. The van der Waals surface area contributed by atoms with Gasteiger partial charge in [-0.3, -0.25) is 4.79 Å². The highest BCUT2D eigenvalue weighted by atomic mass is 32.2. The molecule has 0 saturated carbocycles. The number of aryl methyl sites for hydroxylation is 2. The van der Waals surface area contributed by atoms with Crippen LogP contribution in [0, 0.1) is 13.8 Å². The monoisotopic (exact) mass is 444 g/mol. The molecule has 0 bridgehead atoms. The first kappa shape index (κ1) is 22.8. The molecule has 0 aliphatic carbocycles. The first-order chi connectivity index (χ1) is 14.7. The molecule has 3 aromatic rings. The van der Waals surface area contributed by atoms with Crippen molar-refractivity contribution in [1.29, 1.82) is 0 Å². The summed E-state index contributed by atoms with van der Waals surface area (Å²) in [5.74, 6) is 0.302. The van der Waals surface area contributed by atoms with Crippen LogP contribution in [0.2, 0.25) is 0 Å². The van der Waals surface area contributed by atoms with Gasteiger partial charge in [-0.1, -0.05) is 24.3 Å². The van der Waals surface area contributed by atoms with Gasteiger partial charge in [-0.15, -0.1) is 0 Å². The Morgan fingerprint density at radius 2 is 1.87 bits per heavy atom. The molecule has 9 nitrogen and oxygen atoms in total. The third kappa shape index (κ3) is 5.86. The smallest absolute Gasteiger partial charge is 0.252 e. The fraction of sp³-hybridized carbons (Fsp3) is 0.429. The van der Waals surface area contributed by atoms with Crippen LogP contribution in [0.15, 0.2) is 30.6 Å². The zero-order valence-corrected chi connectivity index (χ0v) is 19.0. The highest BCUT2D eigenvalue weighted by Gasteiger charge is 2.16. The SMILES string of the molecule is Cc1nc2ncnn2c(C)c1CCC(=O)NCc1ccccc1CS(=O)(=O)NC(C)C. The molecule has 10 heteroatoms. The highest BCUT2D eigenvalue weighted by molar-refractivity contribution is 7.88. The van der Waals surface area contributed by atoms with Crippen molar-refractivity contribution in [2.45, 2.75) is 58.9 Å². The molecule has 0 aliphatic rings. The van der Waals surface area contributed by atoms with Crippen LogP contribution in [0.25, 0.3) is 5.78 Å². The Bertz CT molecular complexity index is 1190. The maximum Gasteiger partial charge on any atom is 0.252 e. The molecular weight excluding hydrogens is 416 g/mol.